The Morgan fingerprint density at radius 2 is 1.68 bits per heavy atom. The number of nitrogens with zero attached hydrogens (tertiary/aromatic N) is 5. The van der Waals surface area contributed by atoms with Gasteiger partial charge in [0.2, 0.25) is 0 Å². The fourth-order valence-corrected chi connectivity index (χ4v) is 3.82. The Morgan fingerprint density at radius 3 is 2.41 bits per heavy atom. The summed E-state index contributed by atoms with van der Waals surface area (Å²) in [6, 6.07) is 10.3. The predicted octanol–water partition coefficient (Wildman–Crippen LogP) is 5.05. The van der Waals surface area contributed by atoms with Crippen LogP contribution in [0, 0.1) is 6.92 Å². The van der Waals surface area contributed by atoms with Gasteiger partial charge < -0.3 is 19.1 Å². The number of aromatic nitrogens is 4. The molecule has 0 amide bonds. The van der Waals surface area contributed by atoms with Gasteiger partial charge in [0, 0.05) is 24.1 Å². The lowest BCUT2D eigenvalue weighted by atomic mass is 10.2. The van der Waals surface area contributed by atoms with Gasteiger partial charge in [-0.3, -0.25) is 14.8 Å². The number of anilines is 2. The minimum absolute atomic E-state index is 0.141. The number of fused-ring (bicyclic) bond motifs is 1. The Labute approximate surface area is 218 Å². The maximum atomic E-state index is 12.8. The maximum Gasteiger partial charge on any atom is 0.343 e. The van der Waals surface area contributed by atoms with Gasteiger partial charge >= 0.3 is 11.9 Å². The fraction of sp³-hybridized carbons (Fsp3) is 0.231. The quantitative estimate of drug-likeness (QED) is 0.277. The van der Waals surface area contributed by atoms with Crippen LogP contribution in [-0.4, -0.2) is 51.6 Å². The van der Waals surface area contributed by atoms with E-state index in [9.17, 15) is 9.59 Å². The normalized spacial score (nSPS) is 10.7. The van der Waals surface area contributed by atoms with E-state index in [1.54, 1.807) is 69.6 Å². The summed E-state index contributed by atoms with van der Waals surface area (Å²) in [6.45, 7) is 5.22. The van der Waals surface area contributed by atoms with Crippen molar-refractivity contribution >= 4 is 46.1 Å². The third kappa shape index (κ3) is 5.92. The van der Waals surface area contributed by atoms with Crippen molar-refractivity contribution in [3.8, 4) is 11.5 Å². The van der Waals surface area contributed by atoms with Crippen molar-refractivity contribution in [3.63, 3.8) is 0 Å². The molecule has 2 aromatic heterocycles. The van der Waals surface area contributed by atoms with Crippen molar-refractivity contribution in [2.75, 3.05) is 24.7 Å². The van der Waals surface area contributed by atoms with E-state index in [1.807, 2.05) is 0 Å². The van der Waals surface area contributed by atoms with Gasteiger partial charge in [-0.2, -0.15) is 0 Å². The highest BCUT2D eigenvalue weighted by Gasteiger charge is 2.26. The lowest BCUT2D eigenvalue weighted by molar-refractivity contribution is -0.141. The number of aryl methyl sites for hydroxylation is 1. The second-order valence-electron chi connectivity index (χ2n) is 7.69. The van der Waals surface area contributed by atoms with E-state index < -0.39 is 11.9 Å². The number of benzene rings is 2. The molecule has 0 saturated carbocycles. The number of esters is 2. The summed E-state index contributed by atoms with van der Waals surface area (Å²) in [4.78, 5) is 43.7. The molecular formula is C26H24ClN5O5. The van der Waals surface area contributed by atoms with Crippen molar-refractivity contribution in [2.24, 2.45) is 0 Å². The molecule has 0 unspecified atom stereocenters. The minimum atomic E-state index is -0.602. The number of carbonyl (C=O) groups excluding carboxylic acids is 2. The summed E-state index contributed by atoms with van der Waals surface area (Å²) in [7, 11) is 0. The summed E-state index contributed by atoms with van der Waals surface area (Å²) in [5.41, 5.74) is 2.45. The molecule has 0 aliphatic heterocycles. The Hall–Kier alpha value is -4.31. The Balaban J connectivity index is 1.71. The zero-order valence-corrected chi connectivity index (χ0v) is 21.2. The van der Waals surface area contributed by atoms with Gasteiger partial charge in [-0.15, -0.1) is 0 Å². The molecule has 2 heterocycles. The van der Waals surface area contributed by atoms with Crippen LogP contribution < -0.4 is 9.64 Å². The summed E-state index contributed by atoms with van der Waals surface area (Å²) >= 11 is 6.59. The van der Waals surface area contributed by atoms with Crippen molar-refractivity contribution in [1.82, 2.24) is 19.9 Å². The van der Waals surface area contributed by atoms with E-state index >= 15 is 0 Å². The van der Waals surface area contributed by atoms with Crippen LogP contribution in [0.25, 0.3) is 11.0 Å². The lowest BCUT2D eigenvalue weighted by Crippen LogP contribution is -2.30. The molecule has 4 aromatic rings. The highest BCUT2D eigenvalue weighted by Crippen LogP contribution is 2.36. The van der Waals surface area contributed by atoms with Crippen LogP contribution in [0.2, 0.25) is 5.02 Å². The molecule has 0 aliphatic carbocycles. The summed E-state index contributed by atoms with van der Waals surface area (Å²) in [5.74, 6) is -0.00895. The SMILES string of the molecule is CCOC(=O)CN(c1ccc(Oc2ccc3nccnc3c2)c(Cl)c1)c1ncnc(C)c1C(=O)OCC. The first kappa shape index (κ1) is 25.8. The van der Waals surface area contributed by atoms with E-state index in [0.717, 1.165) is 5.52 Å². The highest BCUT2D eigenvalue weighted by molar-refractivity contribution is 6.32. The molecule has 10 nitrogen and oxygen atoms in total. The molecule has 37 heavy (non-hydrogen) atoms. The van der Waals surface area contributed by atoms with E-state index in [1.165, 1.54) is 11.2 Å². The number of rotatable bonds is 9. The first-order chi connectivity index (χ1) is 17.9. The second-order valence-corrected chi connectivity index (χ2v) is 8.10. The van der Waals surface area contributed by atoms with Crippen LogP contribution in [0.5, 0.6) is 11.5 Å². The van der Waals surface area contributed by atoms with Crippen molar-refractivity contribution in [2.45, 2.75) is 20.8 Å². The van der Waals surface area contributed by atoms with Gasteiger partial charge in [0.1, 0.15) is 29.9 Å². The number of carbonyl (C=O) groups is 2. The molecule has 4 rings (SSSR count). The van der Waals surface area contributed by atoms with Crippen molar-refractivity contribution in [3.05, 3.63) is 71.4 Å². The third-order valence-corrected chi connectivity index (χ3v) is 5.54. The summed E-state index contributed by atoms with van der Waals surface area (Å²) in [5, 5.41) is 0.272. The minimum Gasteiger partial charge on any atom is -0.465 e. The van der Waals surface area contributed by atoms with Crippen LogP contribution in [0.4, 0.5) is 11.5 Å². The summed E-state index contributed by atoms with van der Waals surface area (Å²) < 4.78 is 16.3. The first-order valence-electron chi connectivity index (χ1n) is 11.5. The molecular weight excluding hydrogens is 498 g/mol. The van der Waals surface area contributed by atoms with Gasteiger partial charge in [0.05, 0.1) is 35.0 Å². The van der Waals surface area contributed by atoms with Gasteiger partial charge in [0.25, 0.3) is 0 Å². The maximum absolute atomic E-state index is 12.8. The smallest absolute Gasteiger partial charge is 0.343 e. The molecule has 0 fully saturated rings. The van der Waals surface area contributed by atoms with Gasteiger partial charge in [-0.25, -0.2) is 14.8 Å². The zero-order valence-electron chi connectivity index (χ0n) is 20.5. The van der Waals surface area contributed by atoms with E-state index in [0.29, 0.717) is 28.4 Å². The third-order valence-electron chi connectivity index (χ3n) is 5.24. The van der Waals surface area contributed by atoms with E-state index in [2.05, 4.69) is 19.9 Å². The average Bonchev–Trinajstić information content (AvgIpc) is 2.88. The van der Waals surface area contributed by atoms with E-state index in [4.69, 9.17) is 25.8 Å². The number of halogens is 1. The first-order valence-corrected chi connectivity index (χ1v) is 11.9. The molecule has 0 saturated heterocycles. The molecule has 0 aliphatic rings. The van der Waals surface area contributed by atoms with Crippen LogP contribution in [0.3, 0.4) is 0 Å². The largest absolute Gasteiger partial charge is 0.465 e. The Bertz CT molecular complexity index is 1450. The average molecular weight is 522 g/mol. The lowest BCUT2D eigenvalue weighted by Gasteiger charge is -2.25. The van der Waals surface area contributed by atoms with Crippen molar-refractivity contribution in [1.29, 1.82) is 0 Å². The molecule has 0 spiro atoms. The summed E-state index contributed by atoms with van der Waals surface area (Å²) in [6.07, 6.45) is 4.53. The molecule has 190 valence electrons. The van der Waals surface area contributed by atoms with Gasteiger partial charge in [-0.1, -0.05) is 11.6 Å². The molecule has 11 heteroatoms. The molecule has 0 radical (unpaired) electrons. The van der Waals surface area contributed by atoms with Crippen molar-refractivity contribution < 1.29 is 23.8 Å². The monoisotopic (exact) mass is 521 g/mol. The Kier molecular flexibility index (Phi) is 8.09. The van der Waals surface area contributed by atoms with E-state index in [-0.39, 0.29) is 36.2 Å². The molecule has 2 aromatic carbocycles. The van der Waals surface area contributed by atoms with Gasteiger partial charge in [-0.05, 0) is 51.1 Å². The highest BCUT2D eigenvalue weighted by atomic mass is 35.5. The topological polar surface area (TPSA) is 117 Å². The Morgan fingerprint density at radius 1 is 0.919 bits per heavy atom. The zero-order chi connectivity index (χ0) is 26.4. The predicted molar refractivity (Wildman–Crippen MR) is 137 cm³/mol. The number of ether oxygens (including phenoxy) is 3. The second kappa shape index (κ2) is 11.6. The standard InChI is InChI=1S/C26H24ClN5O5/c1-4-35-23(33)14-32(25-24(26(34)36-5-2)16(3)30-15-31-25)17-6-9-22(19(27)12-17)37-18-7-8-20-21(13-18)29-11-10-28-20/h6-13,15H,4-5,14H2,1-3H3. The fourth-order valence-electron chi connectivity index (χ4n) is 3.61. The van der Waals surface area contributed by atoms with Crippen LogP contribution in [-0.2, 0) is 14.3 Å². The molecule has 0 bridgehead atoms. The number of hydrogen-bond donors (Lipinski definition) is 0. The van der Waals surface area contributed by atoms with Gasteiger partial charge in [0.15, 0.2) is 5.82 Å². The van der Waals surface area contributed by atoms with Crippen LogP contribution >= 0.6 is 11.6 Å². The number of hydrogen-bond acceptors (Lipinski definition) is 10. The van der Waals surface area contributed by atoms with Crippen LogP contribution in [0.15, 0.2) is 55.1 Å². The van der Waals surface area contributed by atoms with Crippen LogP contribution in [0.1, 0.15) is 29.9 Å². The molecule has 0 N–H and O–H groups in total. The molecule has 0 atom stereocenters.